The van der Waals surface area contributed by atoms with E-state index in [0.29, 0.717) is 0 Å². The number of aliphatic hydroxyl groups excluding tert-OH is 1. The van der Waals surface area contributed by atoms with Gasteiger partial charge >= 0.3 is 0 Å². The Balaban J connectivity index is 2.09. The molecule has 16 heavy (non-hydrogen) atoms. The van der Waals surface area contributed by atoms with Crippen molar-refractivity contribution < 1.29 is 9.50 Å². The van der Waals surface area contributed by atoms with E-state index in [0.717, 1.165) is 30.7 Å². The van der Waals surface area contributed by atoms with Crippen molar-refractivity contribution in [3.05, 3.63) is 29.6 Å². The highest BCUT2D eigenvalue weighted by Gasteiger charge is 2.20. The molecule has 0 radical (unpaired) electrons. The summed E-state index contributed by atoms with van der Waals surface area (Å²) in [6.07, 6.45) is 1.76. The summed E-state index contributed by atoms with van der Waals surface area (Å²) in [5.74, 6) is 0.894. The second kappa shape index (κ2) is 5.66. The molecule has 0 fully saturated rings. The number of nitrogens with one attached hydrogen (secondary N) is 1. The molecular formula is C12H16FNOS. The molecule has 0 spiro atoms. The zero-order valence-corrected chi connectivity index (χ0v) is 9.89. The van der Waals surface area contributed by atoms with Gasteiger partial charge in [-0.05, 0) is 48.9 Å². The Kier molecular flexibility index (Phi) is 4.21. The van der Waals surface area contributed by atoms with E-state index in [-0.39, 0.29) is 18.5 Å². The molecule has 0 saturated heterocycles. The lowest BCUT2D eigenvalue weighted by atomic mass is 10.0. The van der Waals surface area contributed by atoms with Crippen LogP contribution in [-0.4, -0.2) is 24.0 Å². The van der Waals surface area contributed by atoms with Crippen LogP contribution >= 0.6 is 11.8 Å². The fourth-order valence-corrected chi connectivity index (χ4v) is 3.04. The first-order valence-corrected chi connectivity index (χ1v) is 6.56. The number of rotatable bonds is 4. The SMILES string of the molecule is OCCCNC1CCSc2ccc(F)cc21. The van der Waals surface area contributed by atoms with E-state index in [4.69, 9.17) is 5.11 Å². The summed E-state index contributed by atoms with van der Waals surface area (Å²) in [7, 11) is 0. The molecular weight excluding hydrogens is 225 g/mol. The third-order valence-electron chi connectivity index (χ3n) is 2.74. The van der Waals surface area contributed by atoms with Crippen LogP contribution in [0.3, 0.4) is 0 Å². The molecule has 0 saturated carbocycles. The van der Waals surface area contributed by atoms with Gasteiger partial charge in [-0.2, -0.15) is 0 Å². The highest BCUT2D eigenvalue weighted by molar-refractivity contribution is 7.99. The highest BCUT2D eigenvalue weighted by atomic mass is 32.2. The van der Waals surface area contributed by atoms with Gasteiger partial charge in [0.2, 0.25) is 0 Å². The molecule has 0 bridgehead atoms. The monoisotopic (exact) mass is 241 g/mol. The smallest absolute Gasteiger partial charge is 0.123 e. The minimum atomic E-state index is -0.171. The summed E-state index contributed by atoms with van der Waals surface area (Å²) in [6, 6.07) is 5.23. The third kappa shape index (κ3) is 2.75. The summed E-state index contributed by atoms with van der Waals surface area (Å²) in [6.45, 7) is 0.978. The van der Waals surface area contributed by atoms with Gasteiger partial charge in [-0.25, -0.2) is 4.39 Å². The highest BCUT2D eigenvalue weighted by Crippen LogP contribution is 2.36. The minimum Gasteiger partial charge on any atom is -0.396 e. The van der Waals surface area contributed by atoms with Crippen LogP contribution in [0, 0.1) is 5.82 Å². The van der Waals surface area contributed by atoms with Crippen molar-refractivity contribution in [3.8, 4) is 0 Å². The molecule has 88 valence electrons. The predicted octanol–water partition coefficient (Wildman–Crippen LogP) is 2.33. The summed E-state index contributed by atoms with van der Waals surface area (Å²) < 4.78 is 13.2. The largest absolute Gasteiger partial charge is 0.396 e. The first kappa shape index (κ1) is 11.9. The van der Waals surface area contributed by atoms with Crippen LogP contribution < -0.4 is 5.32 Å². The van der Waals surface area contributed by atoms with Crippen molar-refractivity contribution in [1.82, 2.24) is 5.32 Å². The summed E-state index contributed by atoms with van der Waals surface area (Å²) in [5.41, 5.74) is 1.06. The quantitative estimate of drug-likeness (QED) is 0.794. The van der Waals surface area contributed by atoms with Crippen molar-refractivity contribution in [3.63, 3.8) is 0 Å². The Morgan fingerprint density at radius 3 is 3.19 bits per heavy atom. The molecule has 1 aliphatic rings. The first-order chi connectivity index (χ1) is 7.81. The van der Waals surface area contributed by atoms with Gasteiger partial charge in [0.15, 0.2) is 0 Å². The van der Waals surface area contributed by atoms with E-state index < -0.39 is 0 Å². The maximum Gasteiger partial charge on any atom is 0.123 e. The maximum atomic E-state index is 13.2. The number of halogens is 1. The molecule has 1 unspecified atom stereocenters. The summed E-state index contributed by atoms with van der Waals surface area (Å²) >= 11 is 1.78. The predicted molar refractivity (Wildman–Crippen MR) is 64.2 cm³/mol. The van der Waals surface area contributed by atoms with Crippen LogP contribution in [0.2, 0.25) is 0 Å². The molecule has 2 rings (SSSR count). The molecule has 0 amide bonds. The van der Waals surface area contributed by atoms with Crippen molar-refractivity contribution in [2.45, 2.75) is 23.8 Å². The standard InChI is InChI=1S/C12H16FNOS/c13-9-2-3-12-10(8-9)11(4-7-16-12)14-5-1-6-15/h2-3,8,11,14-15H,1,4-7H2. The summed E-state index contributed by atoms with van der Waals surface area (Å²) in [4.78, 5) is 1.18. The Labute approximate surface area is 99.2 Å². The molecule has 0 aliphatic carbocycles. The van der Waals surface area contributed by atoms with E-state index in [1.54, 1.807) is 17.8 Å². The Morgan fingerprint density at radius 2 is 2.38 bits per heavy atom. The number of fused-ring (bicyclic) bond motifs is 1. The van der Waals surface area contributed by atoms with Crippen LogP contribution in [0.5, 0.6) is 0 Å². The molecule has 2 N–H and O–H groups in total. The number of hydrogen-bond donors (Lipinski definition) is 2. The zero-order valence-electron chi connectivity index (χ0n) is 9.08. The Morgan fingerprint density at radius 1 is 1.50 bits per heavy atom. The average molecular weight is 241 g/mol. The van der Waals surface area contributed by atoms with Crippen LogP contribution in [0.4, 0.5) is 4.39 Å². The second-order valence-electron chi connectivity index (χ2n) is 3.90. The molecule has 1 atom stereocenters. The lowest BCUT2D eigenvalue weighted by Gasteiger charge is -2.26. The van der Waals surface area contributed by atoms with Gasteiger partial charge in [-0.15, -0.1) is 11.8 Å². The molecule has 0 aromatic heterocycles. The molecule has 1 aromatic carbocycles. The normalized spacial score (nSPS) is 19.5. The third-order valence-corrected chi connectivity index (χ3v) is 3.86. The van der Waals surface area contributed by atoms with Crippen molar-refractivity contribution >= 4 is 11.8 Å². The fraction of sp³-hybridized carbons (Fsp3) is 0.500. The van der Waals surface area contributed by atoms with Gasteiger partial charge in [-0.1, -0.05) is 0 Å². The van der Waals surface area contributed by atoms with Crippen LogP contribution in [0.1, 0.15) is 24.4 Å². The maximum absolute atomic E-state index is 13.2. The first-order valence-electron chi connectivity index (χ1n) is 5.58. The zero-order chi connectivity index (χ0) is 11.4. The van der Waals surface area contributed by atoms with Gasteiger partial charge in [0.05, 0.1) is 0 Å². The average Bonchev–Trinajstić information content (AvgIpc) is 2.30. The van der Waals surface area contributed by atoms with Crippen molar-refractivity contribution in [1.29, 1.82) is 0 Å². The van der Waals surface area contributed by atoms with E-state index in [9.17, 15) is 4.39 Å². The van der Waals surface area contributed by atoms with E-state index in [1.807, 2.05) is 6.07 Å². The van der Waals surface area contributed by atoms with Crippen LogP contribution in [0.25, 0.3) is 0 Å². The van der Waals surface area contributed by atoms with Crippen molar-refractivity contribution in [2.75, 3.05) is 18.9 Å². The topological polar surface area (TPSA) is 32.3 Å². The van der Waals surface area contributed by atoms with Gasteiger partial charge < -0.3 is 10.4 Å². The van der Waals surface area contributed by atoms with Crippen LogP contribution in [-0.2, 0) is 0 Å². The molecule has 1 heterocycles. The lowest BCUT2D eigenvalue weighted by Crippen LogP contribution is -2.26. The molecule has 1 aromatic rings. The Hall–Kier alpha value is -0.580. The molecule has 2 nitrogen and oxygen atoms in total. The van der Waals surface area contributed by atoms with E-state index in [1.165, 1.54) is 11.0 Å². The van der Waals surface area contributed by atoms with Crippen molar-refractivity contribution in [2.24, 2.45) is 0 Å². The fourth-order valence-electron chi connectivity index (χ4n) is 1.93. The van der Waals surface area contributed by atoms with Gasteiger partial charge in [-0.3, -0.25) is 0 Å². The summed E-state index contributed by atoms with van der Waals surface area (Å²) in [5, 5.41) is 12.1. The number of benzene rings is 1. The Bertz CT molecular complexity index is 359. The number of thioether (sulfide) groups is 1. The molecule has 1 aliphatic heterocycles. The van der Waals surface area contributed by atoms with Crippen LogP contribution in [0.15, 0.2) is 23.1 Å². The minimum absolute atomic E-state index is 0.171. The number of aliphatic hydroxyl groups is 1. The van der Waals surface area contributed by atoms with Gasteiger partial charge in [0.25, 0.3) is 0 Å². The van der Waals surface area contributed by atoms with E-state index in [2.05, 4.69) is 5.32 Å². The van der Waals surface area contributed by atoms with Gasteiger partial charge in [0, 0.05) is 17.5 Å². The number of hydrogen-bond acceptors (Lipinski definition) is 3. The van der Waals surface area contributed by atoms with E-state index >= 15 is 0 Å². The lowest BCUT2D eigenvalue weighted by molar-refractivity contribution is 0.282. The van der Waals surface area contributed by atoms with Gasteiger partial charge in [0.1, 0.15) is 5.82 Å². The molecule has 4 heteroatoms. The second-order valence-corrected chi connectivity index (χ2v) is 5.04.